The van der Waals surface area contributed by atoms with Crippen LogP contribution in [0.5, 0.6) is 0 Å². The summed E-state index contributed by atoms with van der Waals surface area (Å²) in [6.45, 7) is 0. The fourth-order valence-corrected chi connectivity index (χ4v) is 10.6. The average molecular weight is 802 g/mol. The number of pyridine rings is 2. The molecule has 0 radical (unpaired) electrons. The first-order chi connectivity index (χ1) is 27.0. The van der Waals surface area contributed by atoms with Crippen LogP contribution < -0.4 is 0 Å². The number of H-pyrrole nitrogens is 2. The van der Waals surface area contributed by atoms with Crippen molar-refractivity contribution in [2.45, 2.75) is 51.4 Å². The Morgan fingerprint density at radius 3 is 1.46 bits per heavy atom. The fourth-order valence-electron chi connectivity index (χ4n) is 10.3. The van der Waals surface area contributed by atoms with E-state index in [0.29, 0.717) is 68.8 Å². The molecule has 6 aromatic heterocycles. The second-order valence-electron chi connectivity index (χ2n) is 15.6. The van der Waals surface area contributed by atoms with Gasteiger partial charge in [-0.1, -0.05) is 23.2 Å². The van der Waals surface area contributed by atoms with E-state index in [0.717, 1.165) is 61.7 Å². The second kappa shape index (κ2) is 14.5. The highest BCUT2D eigenvalue weighted by Crippen LogP contribution is 2.54. The molecule has 56 heavy (non-hydrogen) atoms. The Morgan fingerprint density at radius 1 is 0.643 bits per heavy atom. The first kappa shape index (κ1) is 36.6. The molecule has 4 saturated carbocycles. The van der Waals surface area contributed by atoms with Crippen LogP contribution in [-0.2, 0) is 22.4 Å². The van der Waals surface area contributed by atoms with Gasteiger partial charge in [-0.15, -0.1) is 0 Å². The molecule has 0 aromatic carbocycles. The van der Waals surface area contributed by atoms with Gasteiger partial charge in [0.15, 0.2) is 23.3 Å². The summed E-state index contributed by atoms with van der Waals surface area (Å²) in [5.74, 6) is -1.67. The molecule has 0 saturated heterocycles. The topological polar surface area (TPSA) is 184 Å². The van der Waals surface area contributed by atoms with Crippen LogP contribution in [0.1, 0.15) is 49.9 Å². The molecule has 4 bridgehead atoms. The smallest absolute Gasteiger partial charge is 0.307 e. The van der Waals surface area contributed by atoms with E-state index in [-0.39, 0.29) is 35.1 Å². The number of aromatic amines is 2. The van der Waals surface area contributed by atoms with Crippen LogP contribution >= 0.6 is 23.2 Å². The molecule has 2 unspecified atom stereocenters. The zero-order valence-corrected chi connectivity index (χ0v) is 31.3. The highest BCUT2D eigenvalue weighted by molar-refractivity contribution is 6.31. The number of halogens is 4. The van der Waals surface area contributed by atoms with Crippen LogP contribution in [-0.4, -0.2) is 62.0 Å². The molecule has 4 fully saturated rings. The lowest BCUT2D eigenvalue weighted by molar-refractivity contribution is -0.146. The number of carbonyl (C=O) groups is 2. The van der Waals surface area contributed by atoms with Crippen LogP contribution in [0.15, 0.2) is 49.3 Å². The maximum absolute atomic E-state index is 14.5. The first-order valence-corrected chi connectivity index (χ1v) is 19.5. The molecule has 16 heteroatoms. The van der Waals surface area contributed by atoms with Crippen molar-refractivity contribution in [1.29, 1.82) is 0 Å². The zero-order valence-electron chi connectivity index (χ0n) is 29.8. The predicted molar refractivity (Wildman–Crippen MR) is 202 cm³/mol. The molecule has 4 aliphatic rings. The van der Waals surface area contributed by atoms with Crippen molar-refractivity contribution in [1.82, 2.24) is 39.9 Å². The van der Waals surface area contributed by atoms with Crippen molar-refractivity contribution < 1.29 is 28.6 Å². The van der Waals surface area contributed by atoms with E-state index >= 15 is 0 Å². The SMILES string of the molecule is O=C(O)[C@@H]1C(Cc2nc(-c3c[nH]c4ncc(Cl)cc34)ncc2F)[C@H]2CC[C@@H]1C2.O=C(O)[C@H]1C(Cc2nc(-c3c[nH]c4ncc(Cl)cc34)ncc2F)[C@H]2CC[C@@H]1C2. The maximum Gasteiger partial charge on any atom is 0.307 e. The van der Waals surface area contributed by atoms with E-state index in [1.807, 2.05) is 0 Å². The van der Waals surface area contributed by atoms with Crippen molar-refractivity contribution in [2.75, 3.05) is 0 Å². The third kappa shape index (κ3) is 6.55. The van der Waals surface area contributed by atoms with Gasteiger partial charge in [-0.05, 0) is 99.0 Å². The minimum Gasteiger partial charge on any atom is -0.481 e. The van der Waals surface area contributed by atoms with Gasteiger partial charge in [0.25, 0.3) is 0 Å². The Labute approximate surface area is 328 Å². The average Bonchev–Trinajstić information content (AvgIpc) is 4.04. The van der Waals surface area contributed by atoms with Crippen molar-refractivity contribution in [2.24, 2.45) is 47.3 Å². The fraction of sp³-hybridized carbons (Fsp3) is 0.400. The summed E-state index contributed by atoms with van der Waals surface area (Å²) >= 11 is 12.1. The van der Waals surface area contributed by atoms with Crippen LogP contribution in [0.2, 0.25) is 10.0 Å². The van der Waals surface area contributed by atoms with Gasteiger partial charge in [-0.3, -0.25) is 9.59 Å². The number of aliphatic carboxylic acids is 2. The third-order valence-corrected chi connectivity index (χ3v) is 13.1. The Bertz CT molecular complexity index is 2340. The van der Waals surface area contributed by atoms with Gasteiger partial charge in [0.1, 0.15) is 11.3 Å². The van der Waals surface area contributed by atoms with Gasteiger partial charge in [-0.25, -0.2) is 38.7 Å². The van der Waals surface area contributed by atoms with E-state index in [1.54, 1.807) is 36.9 Å². The highest BCUT2D eigenvalue weighted by Gasteiger charge is 2.52. The predicted octanol–water partition coefficient (Wildman–Crippen LogP) is 8.20. The summed E-state index contributed by atoms with van der Waals surface area (Å²) in [6, 6.07) is 3.52. The quantitative estimate of drug-likeness (QED) is 0.117. The largest absolute Gasteiger partial charge is 0.481 e. The maximum atomic E-state index is 14.5. The molecule has 10 rings (SSSR count). The van der Waals surface area contributed by atoms with Crippen molar-refractivity contribution >= 4 is 57.2 Å². The van der Waals surface area contributed by atoms with Crippen LogP contribution in [0.3, 0.4) is 0 Å². The Kier molecular flexibility index (Phi) is 9.43. The minimum atomic E-state index is -0.774. The van der Waals surface area contributed by atoms with E-state index in [2.05, 4.69) is 39.9 Å². The lowest BCUT2D eigenvalue weighted by Crippen LogP contribution is -2.31. The molecular formula is C40H36Cl2F2N8O4. The van der Waals surface area contributed by atoms with E-state index < -0.39 is 35.4 Å². The summed E-state index contributed by atoms with van der Waals surface area (Å²) in [6.07, 6.45) is 15.3. The lowest BCUT2D eigenvalue weighted by Gasteiger charge is -2.27. The molecular weight excluding hydrogens is 765 g/mol. The minimum absolute atomic E-state index is 0.0763. The summed E-state index contributed by atoms with van der Waals surface area (Å²) < 4.78 is 29.0. The first-order valence-electron chi connectivity index (χ1n) is 18.8. The number of nitrogens with one attached hydrogen (secondary N) is 2. The number of fused-ring (bicyclic) bond motifs is 6. The molecule has 6 heterocycles. The third-order valence-electron chi connectivity index (χ3n) is 12.7. The van der Waals surface area contributed by atoms with Gasteiger partial charge in [0.2, 0.25) is 0 Å². The number of aromatic nitrogens is 8. The van der Waals surface area contributed by atoms with Crippen LogP contribution in [0, 0.1) is 59.0 Å². The van der Waals surface area contributed by atoms with Crippen molar-refractivity contribution in [3.05, 3.63) is 82.4 Å². The van der Waals surface area contributed by atoms with Gasteiger partial charge < -0.3 is 20.2 Å². The molecule has 0 spiro atoms. The van der Waals surface area contributed by atoms with Gasteiger partial charge in [0.05, 0.1) is 45.7 Å². The number of carboxylic acid groups (broad SMARTS) is 2. The summed E-state index contributed by atoms with van der Waals surface area (Å²) in [5.41, 5.74) is 3.22. The Balaban J connectivity index is 0.000000146. The molecule has 0 amide bonds. The number of nitrogens with zero attached hydrogens (tertiary/aromatic N) is 6. The van der Waals surface area contributed by atoms with Crippen LogP contribution in [0.25, 0.3) is 44.8 Å². The molecule has 4 N–H and O–H groups in total. The van der Waals surface area contributed by atoms with Gasteiger partial charge in [0, 0.05) is 46.7 Å². The molecule has 288 valence electrons. The van der Waals surface area contributed by atoms with Crippen LogP contribution in [0.4, 0.5) is 8.78 Å². The highest BCUT2D eigenvalue weighted by atomic mass is 35.5. The van der Waals surface area contributed by atoms with Gasteiger partial charge >= 0.3 is 11.9 Å². The monoisotopic (exact) mass is 800 g/mol. The standard InChI is InChI=1S/2C20H18ClFN4O2/c2*21-11-4-13-14(7-24-18(13)23-6-11)19-25-8-15(22)16(26-19)5-12-9-1-2-10(3-9)17(12)20(27)28/h2*4,6-10,12,17H,1-3,5H2,(H,23,24)(H,27,28)/t9-,10+,12?,17+;9-,10+,12?,17-/m00/s1. The van der Waals surface area contributed by atoms with E-state index in [4.69, 9.17) is 23.2 Å². The van der Waals surface area contributed by atoms with Crippen molar-refractivity contribution in [3.8, 4) is 22.8 Å². The van der Waals surface area contributed by atoms with E-state index in [1.165, 1.54) is 0 Å². The zero-order chi connectivity index (χ0) is 38.8. The number of carboxylic acids is 2. The Morgan fingerprint density at radius 2 is 1.05 bits per heavy atom. The molecule has 0 aliphatic heterocycles. The molecule has 12 nitrogen and oxygen atoms in total. The summed E-state index contributed by atoms with van der Waals surface area (Å²) in [7, 11) is 0. The summed E-state index contributed by atoms with van der Waals surface area (Å²) in [5, 5.41) is 21.8. The molecule has 6 aromatic rings. The number of rotatable bonds is 8. The number of hydrogen-bond acceptors (Lipinski definition) is 8. The van der Waals surface area contributed by atoms with E-state index in [9.17, 15) is 28.6 Å². The molecule has 4 aliphatic carbocycles. The Hall–Kier alpha value is -5.08. The molecule has 8 atom stereocenters. The lowest BCUT2D eigenvalue weighted by atomic mass is 9.77. The normalized spacial score (nSPS) is 26.2. The second-order valence-corrected chi connectivity index (χ2v) is 16.5. The number of hydrogen-bond donors (Lipinski definition) is 4. The van der Waals surface area contributed by atoms with Crippen molar-refractivity contribution in [3.63, 3.8) is 0 Å². The summed E-state index contributed by atoms with van der Waals surface area (Å²) in [4.78, 5) is 55.3. The van der Waals surface area contributed by atoms with Gasteiger partial charge in [-0.2, -0.15) is 0 Å².